The second-order valence-electron chi connectivity index (χ2n) is 8.93. The highest BCUT2D eigenvalue weighted by Crippen LogP contribution is 2.46. The van der Waals surface area contributed by atoms with Gasteiger partial charge in [0.25, 0.3) is 5.91 Å². The van der Waals surface area contributed by atoms with E-state index in [4.69, 9.17) is 4.74 Å². The summed E-state index contributed by atoms with van der Waals surface area (Å²) >= 11 is 0. The number of hydrogen-bond donors (Lipinski definition) is 1. The van der Waals surface area contributed by atoms with E-state index in [2.05, 4.69) is 5.32 Å². The van der Waals surface area contributed by atoms with E-state index >= 15 is 0 Å². The number of ether oxygens (including phenoxy) is 1. The van der Waals surface area contributed by atoms with E-state index in [1.54, 1.807) is 32.7 Å². The summed E-state index contributed by atoms with van der Waals surface area (Å²) in [5.74, 6) is -0.217. The Morgan fingerprint density at radius 1 is 1.07 bits per heavy atom. The van der Waals surface area contributed by atoms with Crippen molar-refractivity contribution in [3.8, 4) is 0 Å². The van der Waals surface area contributed by atoms with Crippen molar-refractivity contribution in [1.29, 1.82) is 0 Å². The lowest BCUT2D eigenvalue weighted by atomic mass is 9.83. The number of anilines is 1. The average molecular weight is 405 g/mol. The lowest BCUT2D eigenvalue weighted by Crippen LogP contribution is -2.54. The number of nitrogens with one attached hydrogen (secondary N) is 1. The van der Waals surface area contributed by atoms with Crippen LogP contribution in [0.2, 0.25) is 0 Å². The van der Waals surface area contributed by atoms with Crippen LogP contribution in [0.25, 0.3) is 10.9 Å². The molecule has 1 aliphatic rings. The van der Waals surface area contributed by atoms with Crippen LogP contribution >= 0.6 is 0 Å². The number of benzene rings is 2. The van der Waals surface area contributed by atoms with Crippen LogP contribution in [0.1, 0.15) is 37.5 Å². The van der Waals surface area contributed by atoms with Crippen LogP contribution in [-0.2, 0) is 22.1 Å². The first kappa shape index (κ1) is 20.0. The molecule has 2 amide bonds. The molecule has 6 heteroatoms. The van der Waals surface area contributed by atoms with Gasteiger partial charge in [0.2, 0.25) is 0 Å². The van der Waals surface area contributed by atoms with Crippen LogP contribution in [0, 0.1) is 6.92 Å². The highest BCUT2D eigenvalue weighted by atomic mass is 16.6. The second-order valence-corrected chi connectivity index (χ2v) is 8.93. The fraction of sp³-hybridized carbons (Fsp3) is 0.333. The van der Waals surface area contributed by atoms with Crippen LogP contribution in [0.3, 0.4) is 0 Å². The molecule has 0 fully saturated rings. The van der Waals surface area contributed by atoms with Crippen LogP contribution in [0.4, 0.5) is 10.5 Å². The van der Waals surface area contributed by atoms with Crippen molar-refractivity contribution in [1.82, 2.24) is 9.88 Å². The Hall–Kier alpha value is -3.28. The molecule has 1 aliphatic heterocycles. The molecule has 1 N–H and O–H groups in total. The predicted octanol–water partition coefficient (Wildman–Crippen LogP) is 4.23. The quantitative estimate of drug-likeness (QED) is 0.694. The van der Waals surface area contributed by atoms with Gasteiger partial charge in [0.05, 0.1) is 0 Å². The van der Waals surface area contributed by atoms with Gasteiger partial charge in [-0.05, 0) is 39.8 Å². The molecule has 0 aliphatic carbocycles. The molecule has 0 bridgehead atoms. The van der Waals surface area contributed by atoms with E-state index in [0.717, 1.165) is 33.3 Å². The van der Waals surface area contributed by atoms with E-state index in [-0.39, 0.29) is 5.91 Å². The van der Waals surface area contributed by atoms with Gasteiger partial charge in [-0.3, -0.25) is 10.1 Å². The molecule has 0 spiro atoms. The maximum atomic E-state index is 13.8. The van der Waals surface area contributed by atoms with Crippen molar-refractivity contribution in [3.63, 3.8) is 0 Å². The molecule has 0 saturated heterocycles. The summed E-state index contributed by atoms with van der Waals surface area (Å²) in [4.78, 5) is 28.4. The lowest BCUT2D eigenvalue weighted by molar-refractivity contribution is -0.122. The molecule has 1 atom stereocenters. The summed E-state index contributed by atoms with van der Waals surface area (Å²) in [6, 6.07) is 13.7. The molecule has 4 rings (SSSR count). The number of fused-ring (bicyclic) bond motifs is 2. The van der Waals surface area contributed by atoms with Crippen molar-refractivity contribution in [2.45, 2.75) is 38.8 Å². The Balaban J connectivity index is 2.01. The van der Waals surface area contributed by atoms with E-state index in [1.165, 1.54) is 0 Å². The summed E-state index contributed by atoms with van der Waals surface area (Å²) in [6.07, 6.45) is 1.29. The zero-order valence-electron chi connectivity index (χ0n) is 18.2. The molecule has 6 nitrogen and oxygen atoms in total. The Morgan fingerprint density at radius 3 is 2.47 bits per heavy atom. The van der Waals surface area contributed by atoms with E-state index in [9.17, 15) is 9.59 Å². The third-order valence-corrected chi connectivity index (χ3v) is 5.53. The second kappa shape index (κ2) is 6.62. The predicted molar refractivity (Wildman–Crippen MR) is 118 cm³/mol. The molecular weight excluding hydrogens is 378 g/mol. The molecule has 1 aromatic heterocycles. The number of carbonyl (C=O) groups excluding carboxylic acids is 2. The molecule has 0 saturated carbocycles. The van der Waals surface area contributed by atoms with Crippen molar-refractivity contribution in [2.75, 3.05) is 11.9 Å². The average Bonchev–Trinajstić information content (AvgIpc) is 3.09. The number of nitrogens with zero attached hydrogens (tertiary/aromatic N) is 2. The first-order chi connectivity index (χ1) is 14.0. The number of amides is 2. The summed E-state index contributed by atoms with van der Waals surface area (Å²) in [5.41, 5.74) is 2.17. The highest BCUT2D eigenvalue weighted by Gasteiger charge is 2.54. The SMILES string of the molecule is Cc1ccc2c(c1)[C@@](NC(=O)OC(C)(C)C)(c1cn(C)c3ccccc13)C(=O)N2C. The molecule has 156 valence electrons. The summed E-state index contributed by atoms with van der Waals surface area (Å²) in [5, 5.41) is 3.88. The van der Waals surface area contributed by atoms with Crippen LogP contribution in [-0.4, -0.2) is 29.2 Å². The summed E-state index contributed by atoms with van der Waals surface area (Å²) in [7, 11) is 3.67. The van der Waals surface area contributed by atoms with Gasteiger partial charge in [0, 0.05) is 48.0 Å². The Labute approximate surface area is 176 Å². The van der Waals surface area contributed by atoms with Crippen LogP contribution in [0.5, 0.6) is 0 Å². The van der Waals surface area contributed by atoms with Gasteiger partial charge in [0.15, 0.2) is 5.54 Å². The van der Waals surface area contributed by atoms with Crippen molar-refractivity contribution >= 4 is 28.6 Å². The third-order valence-electron chi connectivity index (χ3n) is 5.53. The zero-order chi connectivity index (χ0) is 21.8. The molecule has 2 heterocycles. The van der Waals surface area contributed by atoms with Gasteiger partial charge in [-0.25, -0.2) is 4.79 Å². The molecule has 30 heavy (non-hydrogen) atoms. The number of likely N-dealkylation sites (N-methyl/N-ethyl adjacent to an activating group) is 1. The van der Waals surface area contributed by atoms with Gasteiger partial charge in [0.1, 0.15) is 5.60 Å². The van der Waals surface area contributed by atoms with Gasteiger partial charge >= 0.3 is 6.09 Å². The molecular formula is C24H27N3O3. The Morgan fingerprint density at radius 2 is 1.77 bits per heavy atom. The first-order valence-electron chi connectivity index (χ1n) is 9.99. The zero-order valence-corrected chi connectivity index (χ0v) is 18.2. The lowest BCUT2D eigenvalue weighted by Gasteiger charge is -2.31. The maximum absolute atomic E-state index is 13.8. The van der Waals surface area contributed by atoms with Gasteiger partial charge in [-0.1, -0.05) is 35.9 Å². The monoisotopic (exact) mass is 405 g/mol. The number of alkyl carbamates (subject to hydrolysis) is 1. The van der Waals surface area contributed by atoms with Crippen LogP contribution in [0.15, 0.2) is 48.7 Å². The fourth-order valence-corrected chi connectivity index (χ4v) is 4.26. The highest BCUT2D eigenvalue weighted by molar-refractivity contribution is 6.13. The number of hydrogen-bond acceptors (Lipinski definition) is 3. The molecule has 0 unspecified atom stereocenters. The van der Waals surface area contributed by atoms with E-state index in [1.807, 2.05) is 67.2 Å². The Kier molecular flexibility index (Phi) is 4.42. The minimum Gasteiger partial charge on any atom is -0.444 e. The molecule has 3 aromatic rings. The Bertz CT molecular complexity index is 1170. The third kappa shape index (κ3) is 2.95. The number of para-hydroxylation sites is 1. The molecule has 2 aromatic carbocycles. The first-order valence-corrected chi connectivity index (χ1v) is 9.99. The number of carbonyl (C=O) groups is 2. The minimum absolute atomic E-state index is 0.217. The van der Waals surface area contributed by atoms with Gasteiger partial charge in [-0.15, -0.1) is 0 Å². The van der Waals surface area contributed by atoms with Gasteiger partial charge in [-0.2, -0.15) is 0 Å². The van der Waals surface area contributed by atoms with Crippen LogP contribution < -0.4 is 10.2 Å². The number of rotatable bonds is 2. The minimum atomic E-state index is -1.38. The van der Waals surface area contributed by atoms with Gasteiger partial charge < -0.3 is 14.2 Å². The van der Waals surface area contributed by atoms with Crippen molar-refractivity contribution < 1.29 is 14.3 Å². The largest absolute Gasteiger partial charge is 0.444 e. The topological polar surface area (TPSA) is 63.6 Å². The molecule has 0 radical (unpaired) electrons. The number of aryl methyl sites for hydroxylation is 2. The van der Waals surface area contributed by atoms with Crippen molar-refractivity contribution in [2.24, 2.45) is 7.05 Å². The standard InChI is InChI=1S/C24H27N3O3/c1-15-11-12-20-17(13-15)24(21(28)27(20)6,25-22(29)30-23(2,3)4)18-14-26(5)19-10-8-7-9-16(18)19/h7-14H,1-6H3,(H,25,29)/t24-/m1/s1. The smallest absolute Gasteiger partial charge is 0.409 e. The fourth-order valence-electron chi connectivity index (χ4n) is 4.26. The summed E-state index contributed by atoms with van der Waals surface area (Å²) < 4.78 is 7.54. The normalized spacial score (nSPS) is 18.6. The summed E-state index contributed by atoms with van der Waals surface area (Å²) in [6.45, 7) is 7.39. The van der Waals surface area contributed by atoms with E-state index < -0.39 is 17.2 Å². The number of aromatic nitrogens is 1. The van der Waals surface area contributed by atoms with Crippen molar-refractivity contribution in [3.05, 3.63) is 65.4 Å². The van der Waals surface area contributed by atoms with E-state index in [0.29, 0.717) is 0 Å². The maximum Gasteiger partial charge on any atom is 0.409 e.